The smallest absolute Gasteiger partial charge is 0.317 e. The van der Waals surface area contributed by atoms with E-state index < -0.39 is 0 Å². The second-order valence-electron chi connectivity index (χ2n) is 5.83. The van der Waals surface area contributed by atoms with Gasteiger partial charge in [0.2, 0.25) is 12.7 Å². The van der Waals surface area contributed by atoms with E-state index in [1.54, 1.807) is 23.4 Å². The summed E-state index contributed by atoms with van der Waals surface area (Å²) in [4.78, 5) is 24.8. The van der Waals surface area contributed by atoms with Crippen molar-refractivity contribution < 1.29 is 14.3 Å². The molecule has 8 nitrogen and oxygen atoms in total. The molecule has 1 aromatic heterocycles. The average Bonchev–Trinajstić information content (AvgIpc) is 3.16. The largest absolute Gasteiger partial charge is 0.454 e. The van der Waals surface area contributed by atoms with Gasteiger partial charge in [0, 0.05) is 50.7 Å². The zero-order valence-corrected chi connectivity index (χ0v) is 13.7. The van der Waals surface area contributed by atoms with Gasteiger partial charge in [-0.05, 0) is 12.1 Å². The zero-order valence-electron chi connectivity index (χ0n) is 13.7. The van der Waals surface area contributed by atoms with Crippen molar-refractivity contribution in [1.29, 1.82) is 0 Å². The van der Waals surface area contributed by atoms with Gasteiger partial charge in [0.05, 0.1) is 0 Å². The maximum Gasteiger partial charge on any atom is 0.317 e. The lowest BCUT2D eigenvalue weighted by molar-refractivity contribution is 0.173. The number of nitrogens with zero attached hydrogens (tertiary/aromatic N) is 4. The number of carbonyl (C=O) groups is 1. The first-order chi connectivity index (χ1) is 12.3. The lowest BCUT2D eigenvalue weighted by Crippen LogP contribution is -2.52. The normalized spacial score (nSPS) is 16.0. The molecule has 0 bridgehead atoms. The zero-order chi connectivity index (χ0) is 17.1. The van der Waals surface area contributed by atoms with E-state index in [-0.39, 0.29) is 12.8 Å². The van der Waals surface area contributed by atoms with Gasteiger partial charge in [-0.2, -0.15) is 0 Å². The molecule has 2 aliphatic rings. The minimum absolute atomic E-state index is 0.0786. The van der Waals surface area contributed by atoms with Crippen LogP contribution in [0.1, 0.15) is 5.56 Å². The molecule has 2 aromatic rings. The first-order valence-corrected chi connectivity index (χ1v) is 8.23. The molecule has 2 aliphatic heterocycles. The number of hydrogen-bond acceptors (Lipinski definition) is 6. The maximum atomic E-state index is 12.4. The molecule has 0 unspecified atom stereocenters. The summed E-state index contributed by atoms with van der Waals surface area (Å²) in [6.07, 6.45) is 3.46. The van der Waals surface area contributed by atoms with Crippen molar-refractivity contribution in [3.63, 3.8) is 0 Å². The predicted molar refractivity (Wildman–Crippen MR) is 90.6 cm³/mol. The number of rotatable bonds is 3. The van der Waals surface area contributed by atoms with Crippen LogP contribution in [0.4, 0.5) is 10.7 Å². The molecule has 3 heterocycles. The first-order valence-electron chi connectivity index (χ1n) is 8.23. The van der Waals surface area contributed by atoms with Crippen LogP contribution < -0.4 is 19.7 Å². The SMILES string of the molecule is O=C(NCc1cccc2c1OCO2)N1CCN(c2ncccn2)CC1. The highest BCUT2D eigenvalue weighted by Crippen LogP contribution is 2.35. The van der Waals surface area contributed by atoms with Crippen molar-refractivity contribution in [2.45, 2.75) is 6.54 Å². The third-order valence-electron chi connectivity index (χ3n) is 4.31. The topological polar surface area (TPSA) is 79.8 Å². The van der Waals surface area contributed by atoms with Crippen LogP contribution in [0.15, 0.2) is 36.7 Å². The fourth-order valence-corrected chi connectivity index (χ4v) is 2.98. The van der Waals surface area contributed by atoms with E-state index in [9.17, 15) is 4.79 Å². The summed E-state index contributed by atoms with van der Waals surface area (Å²) in [7, 11) is 0. The van der Waals surface area contributed by atoms with Crippen molar-refractivity contribution >= 4 is 12.0 Å². The first kappa shape index (κ1) is 15.5. The lowest BCUT2D eigenvalue weighted by Gasteiger charge is -2.34. The Bertz CT molecular complexity index is 747. The van der Waals surface area contributed by atoms with E-state index in [2.05, 4.69) is 20.2 Å². The molecule has 0 spiro atoms. The van der Waals surface area contributed by atoms with E-state index in [0.29, 0.717) is 31.3 Å². The number of carbonyl (C=O) groups excluding carboxylic acids is 1. The van der Waals surface area contributed by atoms with Gasteiger partial charge < -0.3 is 24.6 Å². The van der Waals surface area contributed by atoms with Crippen molar-refractivity contribution in [3.8, 4) is 11.5 Å². The number of piperazine rings is 1. The Morgan fingerprint density at radius 1 is 1.08 bits per heavy atom. The molecule has 1 fully saturated rings. The monoisotopic (exact) mass is 341 g/mol. The Hall–Kier alpha value is -3.03. The Morgan fingerprint density at radius 2 is 1.88 bits per heavy atom. The van der Waals surface area contributed by atoms with Crippen LogP contribution in [0.25, 0.3) is 0 Å². The van der Waals surface area contributed by atoms with Crippen LogP contribution in [0.2, 0.25) is 0 Å². The van der Waals surface area contributed by atoms with Gasteiger partial charge >= 0.3 is 6.03 Å². The molecule has 4 rings (SSSR count). The van der Waals surface area contributed by atoms with E-state index >= 15 is 0 Å². The summed E-state index contributed by atoms with van der Waals surface area (Å²) in [5.41, 5.74) is 0.916. The predicted octanol–water partition coefficient (Wildman–Crippen LogP) is 1.24. The number of fused-ring (bicyclic) bond motifs is 1. The molecule has 1 N–H and O–H groups in total. The van der Waals surface area contributed by atoms with E-state index in [1.807, 2.05) is 18.2 Å². The molecule has 25 heavy (non-hydrogen) atoms. The van der Waals surface area contributed by atoms with E-state index in [0.717, 1.165) is 24.4 Å². The molecule has 1 aromatic carbocycles. The van der Waals surface area contributed by atoms with Crippen LogP contribution in [0, 0.1) is 0 Å². The Kier molecular flexibility index (Phi) is 4.24. The van der Waals surface area contributed by atoms with Crippen LogP contribution in [0.3, 0.4) is 0 Å². The minimum Gasteiger partial charge on any atom is -0.454 e. The van der Waals surface area contributed by atoms with Gasteiger partial charge in [0.25, 0.3) is 0 Å². The summed E-state index contributed by atoms with van der Waals surface area (Å²) in [5.74, 6) is 2.15. The second-order valence-corrected chi connectivity index (χ2v) is 5.83. The molecular formula is C17H19N5O3. The number of amides is 2. The van der Waals surface area contributed by atoms with Gasteiger partial charge in [-0.25, -0.2) is 14.8 Å². The molecular weight excluding hydrogens is 322 g/mol. The Labute approximate surface area is 145 Å². The number of hydrogen-bond donors (Lipinski definition) is 1. The third-order valence-corrected chi connectivity index (χ3v) is 4.31. The van der Waals surface area contributed by atoms with E-state index in [1.165, 1.54) is 0 Å². The van der Waals surface area contributed by atoms with Crippen LogP contribution >= 0.6 is 0 Å². The molecule has 2 amide bonds. The number of nitrogens with one attached hydrogen (secondary N) is 1. The second kappa shape index (κ2) is 6.84. The van der Waals surface area contributed by atoms with Gasteiger partial charge in [0.1, 0.15) is 0 Å². The number of benzene rings is 1. The van der Waals surface area contributed by atoms with Crippen molar-refractivity contribution in [2.24, 2.45) is 0 Å². The highest BCUT2D eigenvalue weighted by molar-refractivity contribution is 5.74. The van der Waals surface area contributed by atoms with Crippen molar-refractivity contribution in [3.05, 3.63) is 42.2 Å². The molecule has 0 atom stereocenters. The third kappa shape index (κ3) is 3.28. The molecule has 0 radical (unpaired) electrons. The molecule has 8 heteroatoms. The quantitative estimate of drug-likeness (QED) is 0.905. The fraction of sp³-hybridized carbons (Fsp3) is 0.353. The Morgan fingerprint density at radius 3 is 2.68 bits per heavy atom. The maximum absolute atomic E-state index is 12.4. The number of aromatic nitrogens is 2. The number of urea groups is 1. The van der Waals surface area contributed by atoms with Crippen molar-refractivity contribution in [1.82, 2.24) is 20.2 Å². The molecule has 0 saturated carbocycles. The molecule has 0 aliphatic carbocycles. The Balaban J connectivity index is 1.31. The van der Waals surface area contributed by atoms with Gasteiger partial charge in [0.15, 0.2) is 11.5 Å². The summed E-state index contributed by atoms with van der Waals surface area (Å²) >= 11 is 0. The number of anilines is 1. The fourth-order valence-electron chi connectivity index (χ4n) is 2.98. The van der Waals surface area contributed by atoms with Crippen LogP contribution in [-0.2, 0) is 6.54 Å². The summed E-state index contributed by atoms with van der Waals surface area (Å²) < 4.78 is 10.8. The average molecular weight is 341 g/mol. The van der Waals surface area contributed by atoms with Crippen LogP contribution in [-0.4, -0.2) is 53.9 Å². The summed E-state index contributed by atoms with van der Waals surface area (Å²) in [6, 6.07) is 7.40. The molecule has 1 saturated heterocycles. The molecule has 130 valence electrons. The minimum atomic E-state index is -0.0786. The van der Waals surface area contributed by atoms with Gasteiger partial charge in [-0.3, -0.25) is 0 Å². The van der Waals surface area contributed by atoms with E-state index in [4.69, 9.17) is 9.47 Å². The van der Waals surface area contributed by atoms with Gasteiger partial charge in [-0.15, -0.1) is 0 Å². The van der Waals surface area contributed by atoms with Crippen molar-refractivity contribution in [2.75, 3.05) is 37.9 Å². The summed E-state index contributed by atoms with van der Waals surface area (Å²) in [6.45, 7) is 3.34. The van der Waals surface area contributed by atoms with Crippen LogP contribution in [0.5, 0.6) is 11.5 Å². The highest BCUT2D eigenvalue weighted by Gasteiger charge is 2.23. The lowest BCUT2D eigenvalue weighted by atomic mass is 10.2. The number of para-hydroxylation sites is 1. The standard InChI is InChI=1S/C17H19N5O3/c23-17(20-11-13-3-1-4-14-15(13)25-12-24-14)22-9-7-21(8-10-22)16-18-5-2-6-19-16/h1-6H,7-12H2,(H,20,23). The highest BCUT2D eigenvalue weighted by atomic mass is 16.7. The summed E-state index contributed by atoms with van der Waals surface area (Å²) in [5, 5.41) is 2.95. The number of ether oxygens (including phenoxy) is 2. The van der Waals surface area contributed by atoms with Gasteiger partial charge in [-0.1, -0.05) is 12.1 Å².